The van der Waals surface area contributed by atoms with Gasteiger partial charge in [-0.3, -0.25) is 0 Å². The summed E-state index contributed by atoms with van der Waals surface area (Å²) in [5, 5.41) is 2.40. The van der Waals surface area contributed by atoms with Crippen molar-refractivity contribution >= 4 is 6.03 Å². The molecule has 13 heavy (non-hydrogen) atoms. The molecule has 0 spiro atoms. The van der Waals surface area contributed by atoms with Crippen LogP contribution in [0.5, 0.6) is 0 Å². The Labute approximate surface area is 76.8 Å². The maximum atomic E-state index is 12.2. The summed E-state index contributed by atoms with van der Waals surface area (Å²) in [6.45, 7) is 8.35. The number of primary amides is 1. The molecule has 0 radical (unpaired) electrons. The second-order valence-corrected chi connectivity index (χ2v) is 2.59. The second-order valence-electron chi connectivity index (χ2n) is 2.59. The normalized spacial score (nSPS) is 12.5. The highest BCUT2D eigenvalue weighted by molar-refractivity contribution is 5.72. The molecule has 2 amide bonds. The molecule has 0 heterocycles. The van der Waals surface area contributed by atoms with E-state index in [1.165, 1.54) is 12.2 Å². The van der Waals surface area contributed by atoms with E-state index in [4.69, 9.17) is 5.73 Å². The molecule has 3 nitrogen and oxygen atoms in total. The van der Waals surface area contributed by atoms with Crippen LogP contribution in [0.1, 0.15) is 6.92 Å². The number of allylic oxidation sites excluding steroid dienone is 2. The van der Waals surface area contributed by atoms with Gasteiger partial charge in [0.15, 0.2) is 0 Å². The van der Waals surface area contributed by atoms with Crippen molar-refractivity contribution in [1.29, 1.82) is 0 Å². The first-order valence-corrected chi connectivity index (χ1v) is 3.70. The zero-order valence-corrected chi connectivity index (χ0v) is 7.51. The van der Waals surface area contributed by atoms with E-state index in [2.05, 4.69) is 18.5 Å². The molecule has 3 N–H and O–H groups in total. The first-order valence-electron chi connectivity index (χ1n) is 3.70. The molecule has 0 aromatic carbocycles. The Bertz CT molecular complexity index is 258. The van der Waals surface area contributed by atoms with Gasteiger partial charge in [-0.25, -0.2) is 9.18 Å². The lowest BCUT2D eigenvalue weighted by Crippen LogP contribution is -2.37. The largest absolute Gasteiger partial charge is 0.352 e. The molecule has 0 saturated heterocycles. The van der Waals surface area contributed by atoms with E-state index >= 15 is 0 Å². The lowest BCUT2D eigenvalue weighted by Gasteiger charge is -2.11. The number of amides is 2. The molecule has 0 aliphatic carbocycles. The Balaban J connectivity index is 4.11. The van der Waals surface area contributed by atoms with Crippen LogP contribution >= 0.6 is 0 Å². The van der Waals surface area contributed by atoms with Crippen LogP contribution in [0.2, 0.25) is 0 Å². The predicted octanol–water partition coefficient (Wildman–Crippen LogP) is 1.64. The fourth-order valence-corrected chi connectivity index (χ4v) is 0.648. The van der Waals surface area contributed by atoms with E-state index in [9.17, 15) is 9.18 Å². The van der Waals surface area contributed by atoms with Gasteiger partial charge in [0.05, 0.1) is 6.04 Å². The summed E-state index contributed by atoms with van der Waals surface area (Å²) in [6, 6.07) is -0.950. The van der Waals surface area contributed by atoms with Crippen LogP contribution in [-0.2, 0) is 0 Å². The Morgan fingerprint density at radius 3 is 2.46 bits per heavy atom. The number of hydrogen-bond donors (Lipinski definition) is 2. The third-order valence-electron chi connectivity index (χ3n) is 1.39. The number of carbonyl (C=O) groups excluding carboxylic acids is 1. The van der Waals surface area contributed by atoms with Crippen molar-refractivity contribution in [1.82, 2.24) is 5.32 Å². The van der Waals surface area contributed by atoms with Crippen LogP contribution in [0.15, 0.2) is 36.7 Å². The van der Waals surface area contributed by atoms with Gasteiger partial charge in [0.1, 0.15) is 5.83 Å². The number of halogens is 1. The van der Waals surface area contributed by atoms with Gasteiger partial charge in [-0.1, -0.05) is 19.2 Å². The van der Waals surface area contributed by atoms with Gasteiger partial charge < -0.3 is 11.1 Å². The lowest BCUT2D eigenvalue weighted by atomic mass is 10.1. The minimum absolute atomic E-state index is 0.312. The standard InChI is InChI=1S/C9H13FN2O/c1-6(4-5-7(2)10)8(3)12-9(11)13/h4-5,8H,1-2H2,3H3,(H3,11,12,13). The number of carbonyl (C=O) groups is 1. The topological polar surface area (TPSA) is 55.1 Å². The summed E-state index contributed by atoms with van der Waals surface area (Å²) in [7, 11) is 0. The van der Waals surface area contributed by atoms with Crippen molar-refractivity contribution < 1.29 is 9.18 Å². The Hall–Kier alpha value is -1.58. The first kappa shape index (κ1) is 11.4. The highest BCUT2D eigenvalue weighted by Gasteiger charge is 2.04. The molecular formula is C9H13FN2O. The van der Waals surface area contributed by atoms with E-state index < -0.39 is 11.9 Å². The highest BCUT2D eigenvalue weighted by Crippen LogP contribution is 2.03. The zero-order valence-electron chi connectivity index (χ0n) is 7.51. The molecule has 0 aromatic heterocycles. The average molecular weight is 184 g/mol. The van der Waals surface area contributed by atoms with Crippen LogP contribution in [0.3, 0.4) is 0 Å². The van der Waals surface area contributed by atoms with Gasteiger partial charge in [0.2, 0.25) is 0 Å². The Morgan fingerprint density at radius 2 is 2.08 bits per heavy atom. The van der Waals surface area contributed by atoms with Crippen molar-refractivity contribution in [3.63, 3.8) is 0 Å². The van der Waals surface area contributed by atoms with Crippen LogP contribution in [0.4, 0.5) is 9.18 Å². The molecule has 0 aliphatic rings. The van der Waals surface area contributed by atoms with E-state index in [1.807, 2.05) is 0 Å². The smallest absolute Gasteiger partial charge is 0.312 e. The van der Waals surface area contributed by atoms with Crippen molar-refractivity contribution in [3.8, 4) is 0 Å². The number of urea groups is 1. The summed E-state index contributed by atoms with van der Waals surface area (Å²) in [5.41, 5.74) is 5.43. The minimum atomic E-state index is -0.638. The van der Waals surface area contributed by atoms with Gasteiger partial charge >= 0.3 is 6.03 Å². The maximum absolute atomic E-state index is 12.2. The van der Waals surface area contributed by atoms with E-state index in [1.54, 1.807) is 6.92 Å². The monoisotopic (exact) mass is 184 g/mol. The molecule has 1 atom stereocenters. The first-order chi connectivity index (χ1) is 5.93. The summed E-state index contributed by atoms with van der Waals surface area (Å²) < 4.78 is 12.2. The third kappa shape index (κ3) is 5.66. The Kier molecular flexibility index (Phi) is 4.51. The number of nitrogens with two attached hydrogens (primary N) is 1. The molecule has 72 valence electrons. The van der Waals surface area contributed by atoms with Gasteiger partial charge in [-0.2, -0.15) is 0 Å². The van der Waals surface area contributed by atoms with Crippen molar-refractivity contribution in [3.05, 3.63) is 36.7 Å². The zero-order chi connectivity index (χ0) is 10.4. The molecule has 0 bridgehead atoms. The number of rotatable bonds is 4. The average Bonchev–Trinajstić information content (AvgIpc) is 1.98. The molecule has 4 heteroatoms. The predicted molar refractivity (Wildman–Crippen MR) is 50.7 cm³/mol. The van der Waals surface area contributed by atoms with Crippen molar-refractivity contribution in [2.45, 2.75) is 13.0 Å². The maximum Gasteiger partial charge on any atom is 0.312 e. The fourth-order valence-electron chi connectivity index (χ4n) is 0.648. The summed E-state index contributed by atoms with van der Waals surface area (Å²) >= 11 is 0. The van der Waals surface area contributed by atoms with Crippen molar-refractivity contribution in [2.75, 3.05) is 0 Å². The summed E-state index contributed by atoms with van der Waals surface area (Å²) in [4.78, 5) is 10.4. The van der Waals surface area contributed by atoms with Gasteiger partial charge in [-0.15, -0.1) is 0 Å². The molecule has 1 unspecified atom stereocenters. The van der Waals surface area contributed by atoms with Crippen LogP contribution in [-0.4, -0.2) is 12.1 Å². The summed E-state index contributed by atoms with van der Waals surface area (Å²) in [5.74, 6) is -0.563. The summed E-state index contributed by atoms with van der Waals surface area (Å²) in [6.07, 6.45) is 2.60. The molecule has 0 rings (SSSR count). The van der Waals surface area contributed by atoms with Gasteiger partial charge in [0, 0.05) is 0 Å². The molecule has 0 fully saturated rings. The molecule has 0 aromatic rings. The molecule has 0 aliphatic heterocycles. The number of hydrogen-bond acceptors (Lipinski definition) is 1. The molecule has 0 saturated carbocycles. The van der Waals surface area contributed by atoms with Gasteiger partial charge in [-0.05, 0) is 18.6 Å². The number of nitrogens with one attached hydrogen (secondary N) is 1. The van der Waals surface area contributed by atoms with Crippen molar-refractivity contribution in [2.24, 2.45) is 5.73 Å². The van der Waals surface area contributed by atoms with Gasteiger partial charge in [0.25, 0.3) is 0 Å². The van der Waals surface area contributed by atoms with Crippen LogP contribution in [0.25, 0.3) is 0 Å². The second kappa shape index (κ2) is 5.13. The molecular weight excluding hydrogens is 171 g/mol. The highest BCUT2D eigenvalue weighted by atomic mass is 19.1. The van der Waals surface area contributed by atoms with Crippen LogP contribution < -0.4 is 11.1 Å². The van der Waals surface area contributed by atoms with E-state index in [-0.39, 0.29) is 6.04 Å². The van der Waals surface area contributed by atoms with E-state index in [0.717, 1.165) is 0 Å². The van der Waals surface area contributed by atoms with Crippen LogP contribution in [0, 0.1) is 0 Å². The lowest BCUT2D eigenvalue weighted by molar-refractivity contribution is 0.247. The Morgan fingerprint density at radius 1 is 1.54 bits per heavy atom. The minimum Gasteiger partial charge on any atom is -0.352 e. The quantitative estimate of drug-likeness (QED) is 0.641. The fraction of sp³-hybridized carbons (Fsp3) is 0.222. The third-order valence-corrected chi connectivity index (χ3v) is 1.39. The van der Waals surface area contributed by atoms with E-state index in [0.29, 0.717) is 5.57 Å². The SMILES string of the molecule is C=C(F)C=CC(=C)C(C)NC(N)=O.